The molecule has 2 heterocycles. The number of hydrogen-bond donors (Lipinski definition) is 2. The zero-order valence-electron chi connectivity index (χ0n) is 20.0. The van der Waals surface area contributed by atoms with Crippen LogP contribution >= 0.6 is 0 Å². The molecule has 3 aromatic carbocycles. The van der Waals surface area contributed by atoms with Crippen LogP contribution in [-0.4, -0.2) is 28.2 Å². The van der Waals surface area contributed by atoms with Crippen molar-refractivity contribution in [3.63, 3.8) is 0 Å². The monoisotopic (exact) mass is 473 g/mol. The number of rotatable bonds is 6. The molecule has 0 unspecified atom stereocenters. The zero-order chi connectivity index (χ0) is 23.7. The number of imidazole rings is 1. The molecule has 0 saturated carbocycles. The number of nitrogens with one attached hydrogen (secondary N) is 1. The van der Waals surface area contributed by atoms with E-state index in [0.717, 1.165) is 46.3 Å². The van der Waals surface area contributed by atoms with E-state index in [0.29, 0.717) is 17.0 Å². The van der Waals surface area contributed by atoms with Crippen LogP contribution in [0.15, 0.2) is 69.9 Å². The van der Waals surface area contributed by atoms with Gasteiger partial charge in [-0.2, -0.15) is 12.1 Å². The van der Waals surface area contributed by atoms with E-state index in [-0.39, 0.29) is 35.3 Å². The number of phenols is 1. The van der Waals surface area contributed by atoms with Gasteiger partial charge in [0, 0.05) is 36.0 Å². The number of aromatic amines is 1. The van der Waals surface area contributed by atoms with Crippen molar-refractivity contribution in [2.45, 2.75) is 13.8 Å². The second-order valence-electron chi connectivity index (χ2n) is 8.04. The molecule has 5 aromatic rings. The molecule has 0 atom stereocenters. The quantitative estimate of drug-likeness (QED) is 0.172. The molecule has 2 N–H and O–H groups in total. The van der Waals surface area contributed by atoms with Gasteiger partial charge in [-0.3, -0.25) is 0 Å². The molecule has 0 saturated heterocycles. The van der Waals surface area contributed by atoms with Gasteiger partial charge in [0.05, 0.1) is 11.0 Å². The minimum atomic E-state index is -0.424. The number of aromatic nitrogens is 2. The zero-order valence-corrected chi connectivity index (χ0v) is 22.0. The van der Waals surface area contributed by atoms with Gasteiger partial charge >= 0.3 is 35.2 Å². The van der Waals surface area contributed by atoms with E-state index in [1.54, 1.807) is 12.1 Å². The third kappa shape index (κ3) is 5.20. The Morgan fingerprint density at radius 1 is 1.03 bits per heavy atom. The molecule has 0 radical (unpaired) electrons. The number of benzene rings is 3. The van der Waals surface area contributed by atoms with Crippen molar-refractivity contribution in [3.8, 4) is 17.1 Å². The maximum atomic E-state index is 12.8. The summed E-state index contributed by atoms with van der Waals surface area (Å²) in [6.07, 6.45) is 3.91. The SMILES string of the molecule is CCN(CC)c1ccc2cc(-c3nc4ccc(/C=C/c5c[c-]c(O)cc5)cc4[nH]3)c(=O)oc2c1.[Na+]. The topological polar surface area (TPSA) is 82.4 Å². The fraction of sp³-hybridized carbons (Fsp3) is 0.143. The van der Waals surface area contributed by atoms with E-state index in [9.17, 15) is 9.90 Å². The van der Waals surface area contributed by atoms with Gasteiger partial charge in [0.25, 0.3) is 0 Å². The van der Waals surface area contributed by atoms with Gasteiger partial charge in [-0.1, -0.05) is 12.1 Å². The van der Waals surface area contributed by atoms with Crippen LogP contribution in [0.1, 0.15) is 25.0 Å². The van der Waals surface area contributed by atoms with E-state index < -0.39 is 5.63 Å². The van der Waals surface area contributed by atoms with Crippen LogP contribution in [0.5, 0.6) is 5.75 Å². The average Bonchev–Trinajstić information content (AvgIpc) is 3.27. The maximum absolute atomic E-state index is 12.8. The summed E-state index contributed by atoms with van der Waals surface area (Å²) in [5.41, 5.74) is 5.07. The Bertz CT molecular complexity index is 1560. The number of nitrogens with zero attached hydrogens (tertiary/aromatic N) is 2. The molecule has 35 heavy (non-hydrogen) atoms. The second-order valence-corrected chi connectivity index (χ2v) is 8.04. The summed E-state index contributed by atoms with van der Waals surface area (Å²) in [4.78, 5) is 22.9. The predicted molar refractivity (Wildman–Crippen MR) is 137 cm³/mol. The summed E-state index contributed by atoms with van der Waals surface area (Å²) in [6.45, 7) is 5.96. The Balaban J connectivity index is 0.00000289. The van der Waals surface area contributed by atoms with Gasteiger partial charge in [0.1, 0.15) is 17.0 Å². The number of fused-ring (bicyclic) bond motifs is 2. The minimum absolute atomic E-state index is 0. The fourth-order valence-electron chi connectivity index (χ4n) is 4.03. The van der Waals surface area contributed by atoms with Crippen LogP contribution in [0.2, 0.25) is 0 Å². The summed E-state index contributed by atoms with van der Waals surface area (Å²) in [5.74, 6) is 0.596. The number of H-pyrrole nitrogens is 1. The van der Waals surface area contributed by atoms with Crippen molar-refractivity contribution in [3.05, 3.63) is 88.3 Å². The molecule has 2 aromatic heterocycles. The molecule has 0 fully saturated rings. The Kier molecular flexibility index (Phi) is 7.45. The molecule has 5 rings (SSSR count). The van der Waals surface area contributed by atoms with Crippen molar-refractivity contribution < 1.29 is 39.1 Å². The Labute approximate surface area is 225 Å². The largest absolute Gasteiger partial charge is 1.00 e. The van der Waals surface area contributed by atoms with Crippen LogP contribution in [0, 0.1) is 6.07 Å². The van der Waals surface area contributed by atoms with Crippen LogP contribution in [0.4, 0.5) is 5.69 Å². The van der Waals surface area contributed by atoms with Gasteiger partial charge < -0.3 is 19.4 Å². The van der Waals surface area contributed by atoms with Gasteiger partial charge in [0.2, 0.25) is 0 Å². The smallest absolute Gasteiger partial charge is 0.534 e. The Morgan fingerprint density at radius 3 is 2.54 bits per heavy atom. The number of phenolic OH excluding ortho intramolecular Hbond substituents is 1. The van der Waals surface area contributed by atoms with Crippen molar-refractivity contribution in [1.82, 2.24) is 9.97 Å². The Morgan fingerprint density at radius 2 is 1.80 bits per heavy atom. The van der Waals surface area contributed by atoms with E-state index >= 15 is 0 Å². The summed E-state index contributed by atoms with van der Waals surface area (Å²) in [6, 6.07) is 21.5. The molecule has 170 valence electrons. The molecule has 0 amide bonds. The van der Waals surface area contributed by atoms with Crippen molar-refractivity contribution in [1.29, 1.82) is 0 Å². The third-order valence-electron chi connectivity index (χ3n) is 5.90. The van der Waals surface area contributed by atoms with Gasteiger partial charge in [0.15, 0.2) is 0 Å². The maximum Gasteiger partial charge on any atom is 1.00 e. The first-order valence-electron chi connectivity index (χ1n) is 11.3. The first-order chi connectivity index (χ1) is 16.5. The molecule has 0 aliphatic carbocycles. The molecule has 0 aliphatic rings. The van der Waals surface area contributed by atoms with Gasteiger partial charge in [-0.25, -0.2) is 9.78 Å². The van der Waals surface area contributed by atoms with Gasteiger partial charge in [-0.15, -0.1) is 23.8 Å². The first-order valence-corrected chi connectivity index (χ1v) is 11.3. The molecule has 0 bridgehead atoms. The standard InChI is InChI=1S/C28H24N3O3.Na/c1-3-31(4-2)21-11-10-20-16-23(28(33)34-26(20)17-21)27-29-24-14-9-19(15-25(24)30-27)6-5-18-7-12-22(32)13-8-18;/h5-12,14-17,32H,3-4H2,1-2H3,(H,29,30);/q-1;+1/b6-5+;. The third-order valence-corrected chi connectivity index (χ3v) is 5.90. The molecule has 0 aliphatic heterocycles. The van der Waals surface area contributed by atoms with E-state index in [1.165, 1.54) is 0 Å². The van der Waals surface area contributed by atoms with Crippen LogP contribution < -0.4 is 40.1 Å². The summed E-state index contributed by atoms with van der Waals surface area (Å²) >= 11 is 0. The predicted octanol–water partition coefficient (Wildman–Crippen LogP) is 2.86. The summed E-state index contributed by atoms with van der Waals surface area (Å²) in [5, 5.41) is 10.2. The molecule has 0 spiro atoms. The van der Waals surface area contributed by atoms with Crippen molar-refractivity contribution in [2.24, 2.45) is 0 Å². The van der Waals surface area contributed by atoms with Crippen molar-refractivity contribution in [2.75, 3.05) is 18.0 Å². The Hall–Kier alpha value is -3.32. The number of aromatic hydroxyl groups is 1. The van der Waals surface area contributed by atoms with Gasteiger partial charge in [-0.05, 0) is 49.7 Å². The van der Waals surface area contributed by atoms with E-state index in [2.05, 4.69) is 34.8 Å². The summed E-state index contributed by atoms with van der Waals surface area (Å²) in [7, 11) is 0. The molecular weight excluding hydrogens is 449 g/mol. The number of anilines is 1. The van der Waals surface area contributed by atoms with E-state index in [1.807, 2.05) is 60.7 Å². The molecule has 7 heteroatoms. The van der Waals surface area contributed by atoms with E-state index in [4.69, 9.17) is 4.42 Å². The molecular formula is C28H24N3NaO3. The number of hydrogen-bond acceptors (Lipinski definition) is 5. The minimum Gasteiger partial charge on any atom is -0.534 e. The second kappa shape index (κ2) is 10.5. The fourth-order valence-corrected chi connectivity index (χ4v) is 4.03. The van der Waals surface area contributed by atoms with Crippen molar-refractivity contribution >= 4 is 39.8 Å². The van der Waals surface area contributed by atoms with Crippen LogP contribution in [0.25, 0.3) is 45.5 Å². The normalized spacial score (nSPS) is 11.3. The average molecular weight is 474 g/mol. The summed E-state index contributed by atoms with van der Waals surface area (Å²) < 4.78 is 5.67. The molecule has 6 nitrogen and oxygen atoms in total. The van der Waals surface area contributed by atoms with Crippen LogP contribution in [0.3, 0.4) is 0 Å². The van der Waals surface area contributed by atoms with Crippen LogP contribution in [-0.2, 0) is 0 Å². The first kappa shape index (κ1) is 24.8.